The van der Waals surface area contributed by atoms with E-state index >= 15 is 0 Å². The lowest BCUT2D eigenvalue weighted by Crippen LogP contribution is -1.95. The molecule has 0 aliphatic carbocycles. The Morgan fingerprint density at radius 1 is 0.957 bits per heavy atom. The SMILES string of the molecule is CCOc1ccc(C#CCOc2cccc3cccnc23)cc1. The Morgan fingerprint density at radius 3 is 2.61 bits per heavy atom. The van der Waals surface area contributed by atoms with Crippen molar-refractivity contribution in [2.24, 2.45) is 0 Å². The number of aromatic nitrogens is 1. The molecule has 3 nitrogen and oxygen atoms in total. The van der Waals surface area contributed by atoms with Gasteiger partial charge in [-0.3, -0.25) is 4.98 Å². The molecule has 0 amide bonds. The van der Waals surface area contributed by atoms with Crippen LogP contribution < -0.4 is 9.47 Å². The fourth-order valence-corrected chi connectivity index (χ4v) is 2.25. The topological polar surface area (TPSA) is 31.4 Å². The minimum atomic E-state index is 0.322. The lowest BCUT2D eigenvalue weighted by atomic mass is 10.2. The van der Waals surface area contributed by atoms with Gasteiger partial charge in [0.25, 0.3) is 0 Å². The molecule has 114 valence electrons. The lowest BCUT2D eigenvalue weighted by molar-refractivity contribution is 0.340. The molecule has 0 unspecified atom stereocenters. The number of para-hydroxylation sites is 1. The molecular weight excluding hydrogens is 286 g/mol. The zero-order chi connectivity index (χ0) is 15.9. The zero-order valence-corrected chi connectivity index (χ0v) is 13.0. The van der Waals surface area contributed by atoms with Gasteiger partial charge in [0, 0.05) is 17.1 Å². The van der Waals surface area contributed by atoms with Crippen molar-refractivity contribution >= 4 is 10.9 Å². The summed E-state index contributed by atoms with van der Waals surface area (Å²) in [5, 5.41) is 1.06. The van der Waals surface area contributed by atoms with Gasteiger partial charge in [-0.05, 0) is 43.3 Å². The van der Waals surface area contributed by atoms with Crippen LogP contribution in [0.1, 0.15) is 12.5 Å². The zero-order valence-electron chi connectivity index (χ0n) is 13.0. The molecule has 0 N–H and O–H groups in total. The smallest absolute Gasteiger partial charge is 0.149 e. The summed E-state index contributed by atoms with van der Waals surface area (Å²) in [6, 6.07) is 17.5. The van der Waals surface area contributed by atoms with E-state index in [2.05, 4.69) is 16.8 Å². The average Bonchev–Trinajstić information content (AvgIpc) is 2.60. The molecule has 0 aliphatic rings. The Balaban J connectivity index is 1.65. The maximum Gasteiger partial charge on any atom is 0.149 e. The van der Waals surface area contributed by atoms with Crippen LogP contribution in [0.15, 0.2) is 60.8 Å². The van der Waals surface area contributed by atoms with Gasteiger partial charge in [-0.25, -0.2) is 0 Å². The van der Waals surface area contributed by atoms with E-state index in [1.54, 1.807) is 6.20 Å². The van der Waals surface area contributed by atoms with Crippen LogP contribution in [-0.2, 0) is 0 Å². The van der Waals surface area contributed by atoms with E-state index < -0.39 is 0 Å². The molecule has 3 aromatic rings. The second kappa shape index (κ2) is 7.33. The Kier molecular flexibility index (Phi) is 4.76. The van der Waals surface area contributed by atoms with Crippen LogP contribution in [0.3, 0.4) is 0 Å². The summed E-state index contributed by atoms with van der Waals surface area (Å²) in [6.45, 7) is 2.95. The molecule has 3 heteroatoms. The van der Waals surface area contributed by atoms with Crippen molar-refractivity contribution in [2.45, 2.75) is 6.92 Å². The molecule has 1 heterocycles. The number of nitrogens with zero attached hydrogens (tertiary/aromatic N) is 1. The van der Waals surface area contributed by atoms with Gasteiger partial charge in [0.1, 0.15) is 23.6 Å². The van der Waals surface area contributed by atoms with Crippen LogP contribution >= 0.6 is 0 Å². The number of hydrogen-bond acceptors (Lipinski definition) is 3. The summed E-state index contributed by atoms with van der Waals surface area (Å²) in [6.07, 6.45) is 1.76. The molecule has 2 aromatic carbocycles. The first kappa shape index (κ1) is 14.9. The van der Waals surface area contributed by atoms with E-state index in [-0.39, 0.29) is 0 Å². The third-order valence-electron chi connectivity index (χ3n) is 3.29. The average molecular weight is 303 g/mol. The molecular formula is C20H17NO2. The Morgan fingerprint density at radius 2 is 1.78 bits per heavy atom. The molecule has 0 fully saturated rings. The third kappa shape index (κ3) is 3.81. The highest BCUT2D eigenvalue weighted by molar-refractivity contribution is 5.84. The third-order valence-corrected chi connectivity index (χ3v) is 3.29. The minimum Gasteiger partial charge on any atom is -0.494 e. The maximum absolute atomic E-state index is 5.74. The quantitative estimate of drug-likeness (QED) is 0.681. The van der Waals surface area contributed by atoms with Gasteiger partial charge in [0.15, 0.2) is 0 Å². The number of rotatable bonds is 4. The Labute approximate surface area is 135 Å². The Hall–Kier alpha value is -2.99. The van der Waals surface area contributed by atoms with Gasteiger partial charge < -0.3 is 9.47 Å². The molecule has 0 radical (unpaired) electrons. The Bertz CT molecular complexity index is 839. The predicted octanol–water partition coefficient (Wildman–Crippen LogP) is 4.06. The second-order valence-electron chi connectivity index (χ2n) is 4.88. The first-order valence-corrected chi connectivity index (χ1v) is 7.55. The van der Waals surface area contributed by atoms with Gasteiger partial charge in [-0.15, -0.1) is 0 Å². The summed E-state index contributed by atoms with van der Waals surface area (Å²) in [4.78, 5) is 4.36. The van der Waals surface area contributed by atoms with Crippen LogP contribution in [0, 0.1) is 11.8 Å². The van der Waals surface area contributed by atoms with Crippen LogP contribution in [0.2, 0.25) is 0 Å². The van der Waals surface area contributed by atoms with Gasteiger partial charge in [-0.1, -0.05) is 30.0 Å². The van der Waals surface area contributed by atoms with E-state index in [1.807, 2.05) is 61.5 Å². The number of hydrogen-bond donors (Lipinski definition) is 0. The fourth-order valence-electron chi connectivity index (χ4n) is 2.25. The van der Waals surface area contributed by atoms with Crippen molar-refractivity contribution < 1.29 is 9.47 Å². The van der Waals surface area contributed by atoms with Crippen LogP contribution in [-0.4, -0.2) is 18.2 Å². The summed E-state index contributed by atoms with van der Waals surface area (Å²) in [5.41, 5.74) is 1.80. The molecule has 0 saturated carbocycles. The summed E-state index contributed by atoms with van der Waals surface area (Å²) in [5.74, 6) is 7.72. The molecule has 0 saturated heterocycles. The number of fused-ring (bicyclic) bond motifs is 1. The van der Waals surface area contributed by atoms with Crippen molar-refractivity contribution in [1.82, 2.24) is 4.98 Å². The van der Waals surface area contributed by atoms with Crippen LogP contribution in [0.5, 0.6) is 11.5 Å². The molecule has 23 heavy (non-hydrogen) atoms. The highest BCUT2D eigenvalue weighted by Gasteiger charge is 2.01. The van der Waals surface area contributed by atoms with Crippen molar-refractivity contribution in [3.05, 3.63) is 66.4 Å². The summed E-state index contributed by atoms with van der Waals surface area (Å²) in [7, 11) is 0. The predicted molar refractivity (Wildman–Crippen MR) is 91.7 cm³/mol. The van der Waals surface area contributed by atoms with E-state index in [0.29, 0.717) is 13.2 Å². The lowest BCUT2D eigenvalue weighted by Gasteiger charge is -2.05. The second-order valence-corrected chi connectivity index (χ2v) is 4.88. The van der Waals surface area contributed by atoms with Crippen molar-refractivity contribution in [3.8, 4) is 23.3 Å². The molecule has 3 rings (SSSR count). The minimum absolute atomic E-state index is 0.322. The van der Waals surface area contributed by atoms with Crippen molar-refractivity contribution in [2.75, 3.05) is 13.2 Å². The molecule has 0 spiro atoms. The molecule has 0 atom stereocenters. The van der Waals surface area contributed by atoms with Crippen molar-refractivity contribution in [1.29, 1.82) is 0 Å². The van der Waals surface area contributed by atoms with E-state index in [4.69, 9.17) is 9.47 Å². The number of pyridine rings is 1. The van der Waals surface area contributed by atoms with Gasteiger partial charge in [-0.2, -0.15) is 0 Å². The van der Waals surface area contributed by atoms with Gasteiger partial charge in [0.05, 0.1) is 6.61 Å². The number of ether oxygens (including phenoxy) is 2. The largest absolute Gasteiger partial charge is 0.494 e. The van der Waals surface area contributed by atoms with E-state index in [9.17, 15) is 0 Å². The van der Waals surface area contributed by atoms with Gasteiger partial charge >= 0.3 is 0 Å². The molecule has 0 bridgehead atoms. The highest BCUT2D eigenvalue weighted by Crippen LogP contribution is 2.22. The number of benzene rings is 2. The standard InChI is InChI=1S/C20H17NO2/c1-2-22-18-12-10-16(11-13-18)6-5-15-23-19-9-3-7-17-8-4-14-21-20(17)19/h3-4,7-14H,2,15H2,1H3. The monoisotopic (exact) mass is 303 g/mol. The first-order chi connectivity index (χ1) is 11.4. The molecule has 1 aromatic heterocycles. The van der Waals surface area contributed by atoms with E-state index in [0.717, 1.165) is 28.0 Å². The summed E-state index contributed by atoms with van der Waals surface area (Å²) >= 11 is 0. The van der Waals surface area contributed by atoms with E-state index in [1.165, 1.54) is 0 Å². The normalized spacial score (nSPS) is 9.96. The first-order valence-electron chi connectivity index (χ1n) is 7.55. The highest BCUT2D eigenvalue weighted by atomic mass is 16.5. The van der Waals surface area contributed by atoms with Gasteiger partial charge in [0.2, 0.25) is 0 Å². The fraction of sp³-hybridized carbons (Fsp3) is 0.150. The molecule has 0 aliphatic heterocycles. The van der Waals surface area contributed by atoms with Crippen molar-refractivity contribution in [3.63, 3.8) is 0 Å². The van der Waals surface area contributed by atoms with Crippen LogP contribution in [0.4, 0.5) is 0 Å². The van der Waals surface area contributed by atoms with Crippen LogP contribution in [0.25, 0.3) is 10.9 Å². The summed E-state index contributed by atoms with van der Waals surface area (Å²) < 4.78 is 11.1. The maximum atomic E-state index is 5.74.